The molecule has 0 aliphatic carbocycles. The van der Waals surface area contributed by atoms with Crippen LogP contribution < -0.4 is 10.6 Å². The first-order valence-corrected chi connectivity index (χ1v) is 9.03. The van der Waals surface area contributed by atoms with E-state index in [0.29, 0.717) is 5.92 Å². The van der Waals surface area contributed by atoms with Crippen LogP contribution in [0.5, 0.6) is 0 Å². The summed E-state index contributed by atoms with van der Waals surface area (Å²) >= 11 is 2.08. The van der Waals surface area contributed by atoms with Gasteiger partial charge >= 0.3 is 0 Å². The van der Waals surface area contributed by atoms with Gasteiger partial charge in [0.25, 0.3) is 0 Å². The predicted molar refractivity (Wildman–Crippen MR) is 110 cm³/mol. The SMILES string of the molecule is CCNC(=NCC(C)c1ccccc1)NCC1CCCS1.I. The minimum Gasteiger partial charge on any atom is -0.357 e. The van der Waals surface area contributed by atoms with Gasteiger partial charge in [0.15, 0.2) is 5.96 Å². The second-order valence-corrected chi connectivity index (χ2v) is 6.96. The van der Waals surface area contributed by atoms with Crippen molar-refractivity contribution in [3.8, 4) is 0 Å². The molecular formula is C17H28IN3S. The van der Waals surface area contributed by atoms with E-state index in [2.05, 4.69) is 66.6 Å². The number of hydrogen-bond donors (Lipinski definition) is 2. The summed E-state index contributed by atoms with van der Waals surface area (Å²) in [4.78, 5) is 4.74. The minimum atomic E-state index is 0. The van der Waals surface area contributed by atoms with Gasteiger partial charge in [-0.1, -0.05) is 37.3 Å². The fraction of sp³-hybridized carbons (Fsp3) is 0.588. The van der Waals surface area contributed by atoms with Gasteiger partial charge in [-0.15, -0.1) is 24.0 Å². The average Bonchev–Trinajstić information content (AvgIpc) is 3.04. The summed E-state index contributed by atoms with van der Waals surface area (Å²) in [6.07, 6.45) is 2.69. The molecule has 2 unspecified atom stereocenters. The summed E-state index contributed by atoms with van der Waals surface area (Å²) < 4.78 is 0. The third kappa shape index (κ3) is 6.77. The van der Waals surface area contributed by atoms with E-state index in [1.165, 1.54) is 24.2 Å². The molecule has 22 heavy (non-hydrogen) atoms. The van der Waals surface area contributed by atoms with Gasteiger partial charge in [-0.2, -0.15) is 11.8 Å². The Morgan fingerprint density at radius 2 is 2.09 bits per heavy atom. The summed E-state index contributed by atoms with van der Waals surface area (Å²) in [5.74, 6) is 2.71. The molecule has 0 aromatic heterocycles. The molecule has 1 saturated heterocycles. The minimum absolute atomic E-state index is 0. The second kappa shape index (κ2) is 11.2. The summed E-state index contributed by atoms with van der Waals surface area (Å²) in [5, 5.41) is 7.58. The van der Waals surface area contributed by atoms with Gasteiger partial charge in [-0.3, -0.25) is 4.99 Å². The molecule has 1 fully saturated rings. The van der Waals surface area contributed by atoms with Crippen LogP contribution in [-0.4, -0.2) is 36.6 Å². The fourth-order valence-electron chi connectivity index (χ4n) is 2.47. The highest BCUT2D eigenvalue weighted by molar-refractivity contribution is 14.0. The highest BCUT2D eigenvalue weighted by Gasteiger charge is 2.15. The molecule has 0 saturated carbocycles. The number of nitrogens with one attached hydrogen (secondary N) is 2. The van der Waals surface area contributed by atoms with Crippen molar-refractivity contribution >= 4 is 41.7 Å². The number of halogens is 1. The number of benzene rings is 1. The number of aliphatic imine (C=N–C) groups is 1. The highest BCUT2D eigenvalue weighted by atomic mass is 127. The van der Waals surface area contributed by atoms with Crippen LogP contribution in [0.4, 0.5) is 0 Å². The van der Waals surface area contributed by atoms with Crippen LogP contribution in [0.25, 0.3) is 0 Å². The zero-order valence-electron chi connectivity index (χ0n) is 13.5. The Morgan fingerprint density at radius 1 is 1.32 bits per heavy atom. The van der Waals surface area contributed by atoms with Gasteiger partial charge in [-0.25, -0.2) is 0 Å². The molecule has 0 spiro atoms. The Kier molecular flexibility index (Phi) is 9.95. The Labute approximate surface area is 156 Å². The maximum Gasteiger partial charge on any atom is 0.191 e. The molecule has 3 nitrogen and oxygen atoms in total. The van der Waals surface area contributed by atoms with E-state index in [1.54, 1.807) is 0 Å². The molecule has 0 amide bonds. The number of rotatable bonds is 6. The lowest BCUT2D eigenvalue weighted by molar-refractivity contribution is 0.715. The molecule has 2 atom stereocenters. The van der Waals surface area contributed by atoms with Crippen LogP contribution in [0.15, 0.2) is 35.3 Å². The third-order valence-electron chi connectivity index (χ3n) is 3.76. The maximum absolute atomic E-state index is 4.74. The van der Waals surface area contributed by atoms with Crippen molar-refractivity contribution in [1.82, 2.24) is 10.6 Å². The van der Waals surface area contributed by atoms with E-state index in [9.17, 15) is 0 Å². The molecule has 2 rings (SSSR count). The van der Waals surface area contributed by atoms with E-state index in [-0.39, 0.29) is 24.0 Å². The molecule has 1 aromatic carbocycles. The molecule has 1 aromatic rings. The molecule has 0 radical (unpaired) electrons. The number of nitrogens with zero attached hydrogens (tertiary/aromatic N) is 1. The molecule has 1 aliphatic rings. The van der Waals surface area contributed by atoms with Gasteiger partial charge in [0.1, 0.15) is 0 Å². The van der Waals surface area contributed by atoms with Crippen LogP contribution in [0.1, 0.15) is 38.2 Å². The van der Waals surface area contributed by atoms with Crippen molar-refractivity contribution in [2.45, 2.75) is 37.9 Å². The van der Waals surface area contributed by atoms with E-state index in [4.69, 9.17) is 4.99 Å². The Balaban J connectivity index is 0.00000242. The predicted octanol–water partition coefficient (Wildman–Crippen LogP) is 3.86. The summed E-state index contributed by atoms with van der Waals surface area (Å²) in [6.45, 7) is 7.09. The third-order valence-corrected chi connectivity index (χ3v) is 5.16. The highest BCUT2D eigenvalue weighted by Crippen LogP contribution is 2.25. The van der Waals surface area contributed by atoms with Gasteiger partial charge in [-0.05, 0) is 31.1 Å². The van der Waals surface area contributed by atoms with Crippen molar-refractivity contribution in [2.24, 2.45) is 4.99 Å². The second-order valence-electron chi connectivity index (χ2n) is 5.55. The van der Waals surface area contributed by atoms with E-state index in [1.807, 2.05) is 0 Å². The van der Waals surface area contributed by atoms with E-state index >= 15 is 0 Å². The van der Waals surface area contributed by atoms with Crippen molar-refractivity contribution in [3.63, 3.8) is 0 Å². The summed E-state index contributed by atoms with van der Waals surface area (Å²) in [7, 11) is 0. The van der Waals surface area contributed by atoms with Crippen molar-refractivity contribution in [3.05, 3.63) is 35.9 Å². The Morgan fingerprint density at radius 3 is 2.73 bits per heavy atom. The quantitative estimate of drug-likeness (QED) is 0.407. The molecule has 1 heterocycles. The maximum atomic E-state index is 4.74. The van der Waals surface area contributed by atoms with E-state index in [0.717, 1.165) is 30.8 Å². The van der Waals surface area contributed by atoms with E-state index < -0.39 is 0 Å². The zero-order chi connectivity index (χ0) is 14.9. The van der Waals surface area contributed by atoms with Gasteiger partial charge in [0.2, 0.25) is 0 Å². The van der Waals surface area contributed by atoms with Crippen molar-refractivity contribution < 1.29 is 0 Å². The van der Waals surface area contributed by atoms with Crippen LogP contribution in [0.2, 0.25) is 0 Å². The monoisotopic (exact) mass is 433 g/mol. The molecule has 1 aliphatic heterocycles. The first-order chi connectivity index (χ1) is 10.3. The normalized spacial score (nSPS) is 19.4. The molecule has 2 N–H and O–H groups in total. The average molecular weight is 433 g/mol. The lowest BCUT2D eigenvalue weighted by Gasteiger charge is -2.16. The van der Waals surface area contributed by atoms with Gasteiger partial charge in [0.05, 0.1) is 0 Å². The molecule has 124 valence electrons. The van der Waals surface area contributed by atoms with Crippen molar-refractivity contribution in [1.29, 1.82) is 0 Å². The lowest BCUT2D eigenvalue weighted by atomic mass is 10.0. The molecular weight excluding hydrogens is 405 g/mol. The molecule has 0 bridgehead atoms. The number of thioether (sulfide) groups is 1. The van der Waals surface area contributed by atoms with Crippen LogP contribution in [0, 0.1) is 0 Å². The fourth-order valence-corrected chi connectivity index (χ4v) is 3.67. The van der Waals surface area contributed by atoms with Gasteiger partial charge < -0.3 is 10.6 Å². The van der Waals surface area contributed by atoms with Crippen LogP contribution >= 0.6 is 35.7 Å². The van der Waals surface area contributed by atoms with Crippen LogP contribution in [0.3, 0.4) is 0 Å². The first kappa shape index (κ1) is 19.6. The summed E-state index contributed by atoms with van der Waals surface area (Å²) in [5.41, 5.74) is 1.35. The van der Waals surface area contributed by atoms with Gasteiger partial charge in [0, 0.05) is 30.8 Å². The molecule has 5 heteroatoms. The zero-order valence-corrected chi connectivity index (χ0v) is 16.7. The Hall–Kier alpha value is -0.430. The number of hydrogen-bond acceptors (Lipinski definition) is 2. The first-order valence-electron chi connectivity index (χ1n) is 7.98. The number of guanidine groups is 1. The topological polar surface area (TPSA) is 36.4 Å². The van der Waals surface area contributed by atoms with Crippen molar-refractivity contribution in [2.75, 3.05) is 25.4 Å². The smallest absolute Gasteiger partial charge is 0.191 e. The van der Waals surface area contributed by atoms with Crippen LogP contribution in [-0.2, 0) is 0 Å². The lowest BCUT2D eigenvalue weighted by Crippen LogP contribution is -2.40. The standard InChI is InChI=1S/C17H27N3S.HI/c1-3-18-17(20-13-16-10-7-11-21-16)19-12-14(2)15-8-5-4-6-9-15;/h4-6,8-9,14,16H,3,7,10-13H2,1-2H3,(H2,18,19,20);1H. The Bertz CT molecular complexity index is 433. The largest absolute Gasteiger partial charge is 0.357 e. The summed E-state index contributed by atoms with van der Waals surface area (Å²) in [6, 6.07) is 10.6.